The van der Waals surface area contributed by atoms with Crippen LogP contribution in [-0.4, -0.2) is 50.3 Å². The van der Waals surface area contributed by atoms with E-state index in [0.29, 0.717) is 9.80 Å². The van der Waals surface area contributed by atoms with Crippen LogP contribution in [0.4, 0.5) is 28.9 Å². The molecule has 0 saturated carbocycles. The first-order valence-electron chi connectivity index (χ1n) is 6.53. The lowest BCUT2D eigenvalue weighted by Crippen LogP contribution is -2.37. The molecule has 0 N–H and O–H groups in total. The Hall–Kier alpha value is -2.78. The second-order valence-electron chi connectivity index (χ2n) is 4.62. The van der Waals surface area contributed by atoms with Gasteiger partial charge in [-0.3, -0.25) is 19.2 Å². The first kappa shape index (κ1) is 19.3. The van der Waals surface area contributed by atoms with Gasteiger partial charge in [0.25, 0.3) is 0 Å². The fourth-order valence-electron chi connectivity index (χ4n) is 2.05. The largest absolute Gasteiger partial charge is 0.349 e. The van der Waals surface area contributed by atoms with Crippen molar-refractivity contribution in [1.82, 2.24) is 0 Å². The molecule has 0 amide bonds. The number of para-hydroxylation sites is 2. The molecule has 0 spiro atoms. The number of nitrogens with zero attached hydrogens (tertiary/aromatic N) is 2. The molecule has 0 bridgehead atoms. The minimum absolute atomic E-state index is 0.156. The maximum absolute atomic E-state index is 12.7. The molecule has 0 aliphatic carbocycles. The van der Waals surface area contributed by atoms with E-state index >= 15 is 0 Å². The van der Waals surface area contributed by atoms with Gasteiger partial charge in [-0.2, -0.15) is 17.6 Å². The van der Waals surface area contributed by atoms with E-state index in [0.717, 1.165) is 0 Å². The minimum atomic E-state index is -1.89. The van der Waals surface area contributed by atoms with E-state index < -0.39 is 50.3 Å². The second-order valence-corrected chi connectivity index (χ2v) is 4.62. The molecule has 0 atom stereocenters. The summed E-state index contributed by atoms with van der Waals surface area (Å²) in [5, 5.41) is 0. The zero-order chi connectivity index (χ0) is 18.3. The molecule has 1 aromatic carbocycles. The number of hydrogen-bond donors (Lipinski definition) is 0. The van der Waals surface area contributed by atoms with E-state index in [1.165, 1.54) is 24.3 Å². The third-order valence-electron chi connectivity index (χ3n) is 2.82. The van der Waals surface area contributed by atoms with Crippen LogP contribution < -0.4 is 9.80 Å². The van der Waals surface area contributed by atoms with E-state index in [9.17, 15) is 36.7 Å². The van der Waals surface area contributed by atoms with E-state index in [4.69, 9.17) is 0 Å². The molecule has 0 radical (unpaired) electrons. The Labute approximate surface area is 133 Å². The van der Waals surface area contributed by atoms with Crippen LogP contribution in [0.3, 0.4) is 0 Å². The molecular formula is C14H12F4N2O4. The Morgan fingerprint density at radius 3 is 1.08 bits per heavy atom. The van der Waals surface area contributed by atoms with Crippen LogP contribution in [0.25, 0.3) is 0 Å². The van der Waals surface area contributed by atoms with Gasteiger partial charge >= 0.3 is 24.1 Å². The monoisotopic (exact) mass is 348 g/mol. The van der Waals surface area contributed by atoms with Crippen molar-refractivity contribution in [3.05, 3.63) is 24.3 Å². The summed E-state index contributed by atoms with van der Waals surface area (Å²) in [5.41, 5.74) is -0.311. The second kappa shape index (κ2) is 8.75. The summed E-state index contributed by atoms with van der Waals surface area (Å²) in [5.74, 6) is 0. The number of carbonyl (C=O) groups excluding carboxylic acids is 4. The summed E-state index contributed by atoms with van der Waals surface area (Å²) >= 11 is 0. The van der Waals surface area contributed by atoms with Crippen LogP contribution in [0.2, 0.25) is 0 Å². The van der Waals surface area contributed by atoms with Crippen molar-refractivity contribution in [1.29, 1.82) is 0 Å². The molecule has 0 aliphatic rings. The smallest absolute Gasteiger partial charge is 0.320 e. The molecule has 0 aromatic heterocycles. The molecule has 130 valence electrons. The number of anilines is 2. The fraction of sp³-hybridized carbons (Fsp3) is 0.286. The average Bonchev–Trinajstić information content (AvgIpc) is 2.44. The molecule has 6 nitrogen and oxygen atoms in total. The van der Waals surface area contributed by atoms with Crippen molar-refractivity contribution in [3.8, 4) is 0 Å². The third-order valence-corrected chi connectivity index (χ3v) is 2.82. The van der Waals surface area contributed by atoms with Gasteiger partial charge in [0.05, 0.1) is 11.4 Å². The van der Waals surface area contributed by atoms with Gasteiger partial charge < -0.3 is 9.80 Å². The summed E-state index contributed by atoms with van der Waals surface area (Å²) in [6.07, 6.45) is 0. The zero-order valence-corrected chi connectivity index (χ0v) is 12.2. The topological polar surface area (TPSA) is 74.8 Å². The number of hydrogen-bond acceptors (Lipinski definition) is 6. The Morgan fingerprint density at radius 1 is 0.625 bits per heavy atom. The number of rotatable bonds is 10. The predicted molar refractivity (Wildman–Crippen MR) is 75.3 cm³/mol. The van der Waals surface area contributed by atoms with Gasteiger partial charge in [-0.25, -0.2) is 0 Å². The zero-order valence-electron chi connectivity index (χ0n) is 12.2. The molecule has 24 heavy (non-hydrogen) atoms. The molecule has 1 aromatic rings. The van der Waals surface area contributed by atoms with Gasteiger partial charge in [-0.15, -0.1) is 0 Å². The average molecular weight is 348 g/mol. The van der Waals surface area contributed by atoms with Crippen LogP contribution in [-0.2, 0) is 19.2 Å². The first-order valence-corrected chi connectivity index (χ1v) is 6.53. The highest BCUT2D eigenvalue weighted by Crippen LogP contribution is 2.29. The third kappa shape index (κ3) is 6.15. The summed E-state index contributed by atoms with van der Waals surface area (Å²) in [6.45, 7) is -4.03. The van der Waals surface area contributed by atoms with Gasteiger partial charge in [-0.1, -0.05) is 12.1 Å². The summed E-state index contributed by atoms with van der Waals surface area (Å²) < 4.78 is 50.7. The minimum Gasteiger partial charge on any atom is -0.349 e. The lowest BCUT2D eigenvalue weighted by Gasteiger charge is -2.28. The van der Waals surface area contributed by atoms with Gasteiger partial charge in [0.2, 0.25) is 0 Å². The number of benzene rings is 1. The Morgan fingerprint density at radius 2 is 0.875 bits per heavy atom. The highest BCUT2D eigenvalue weighted by atomic mass is 19.1. The van der Waals surface area contributed by atoms with Gasteiger partial charge in [0.1, 0.15) is 26.2 Å². The lowest BCUT2D eigenvalue weighted by molar-refractivity contribution is -0.130. The molecule has 0 aliphatic heterocycles. The van der Waals surface area contributed by atoms with Crippen molar-refractivity contribution in [2.24, 2.45) is 0 Å². The van der Waals surface area contributed by atoms with Crippen LogP contribution in [0.1, 0.15) is 0 Å². The maximum Gasteiger partial charge on any atom is 0.320 e. The molecular weight excluding hydrogens is 336 g/mol. The van der Waals surface area contributed by atoms with Crippen molar-refractivity contribution in [2.75, 3.05) is 36.0 Å². The normalized spacial score (nSPS) is 10.2. The molecule has 10 heteroatoms. The van der Waals surface area contributed by atoms with Crippen LogP contribution in [0, 0.1) is 0 Å². The molecule has 0 fully saturated rings. The summed E-state index contributed by atoms with van der Waals surface area (Å²) in [6, 6.07) is -2.41. The van der Waals surface area contributed by atoms with Crippen LogP contribution in [0.15, 0.2) is 24.3 Å². The number of carbonyl (C=O) groups is 4. The molecule has 0 unspecified atom stereocenters. The summed E-state index contributed by atoms with van der Waals surface area (Å²) in [4.78, 5) is 44.0. The number of halogens is 4. The Bertz CT molecular complexity index is 566. The standard InChI is InChI=1S/C14H12F4N2O4/c15-11(21)5-19(6-12(16)22)9-3-1-2-4-10(9)20(7-13(17)23)8-14(18)24/h1-4H,5-8H2. The molecule has 0 saturated heterocycles. The first-order chi connectivity index (χ1) is 11.2. The van der Waals surface area contributed by atoms with E-state index in [1.807, 2.05) is 0 Å². The summed E-state index contributed by atoms with van der Waals surface area (Å²) in [7, 11) is 0. The SMILES string of the molecule is O=C(F)CN(CC(=O)F)c1ccccc1N(CC(=O)F)CC(=O)F. The Kier molecular flexibility index (Phi) is 7.02. The predicted octanol–water partition coefficient (Wildman–Crippen LogP) is 1.28. The lowest BCUT2D eigenvalue weighted by atomic mass is 10.2. The van der Waals surface area contributed by atoms with E-state index in [1.54, 1.807) is 0 Å². The quantitative estimate of drug-likeness (QED) is 0.468. The van der Waals surface area contributed by atoms with E-state index in [-0.39, 0.29) is 11.4 Å². The van der Waals surface area contributed by atoms with Crippen molar-refractivity contribution in [2.45, 2.75) is 0 Å². The van der Waals surface area contributed by atoms with Crippen LogP contribution >= 0.6 is 0 Å². The van der Waals surface area contributed by atoms with E-state index in [2.05, 4.69) is 0 Å². The van der Waals surface area contributed by atoms with Crippen LogP contribution in [0.5, 0.6) is 0 Å². The maximum atomic E-state index is 12.7. The molecule has 1 rings (SSSR count). The Balaban J connectivity index is 3.30. The van der Waals surface area contributed by atoms with Gasteiger partial charge in [0, 0.05) is 0 Å². The highest BCUT2D eigenvalue weighted by Gasteiger charge is 2.23. The van der Waals surface area contributed by atoms with Gasteiger partial charge in [0.15, 0.2) is 0 Å². The van der Waals surface area contributed by atoms with Crippen molar-refractivity contribution < 1.29 is 36.7 Å². The van der Waals surface area contributed by atoms with Gasteiger partial charge in [-0.05, 0) is 12.1 Å². The fourth-order valence-corrected chi connectivity index (χ4v) is 2.05. The van der Waals surface area contributed by atoms with Crippen molar-refractivity contribution in [3.63, 3.8) is 0 Å². The highest BCUT2D eigenvalue weighted by molar-refractivity contribution is 5.87. The molecule has 0 heterocycles. The van der Waals surface area contributed by atoms with Crippen molar-refractivity contribution >= 4 is 35.5 Å².